The van der Waals surface area contributed by atoms with Gasteiger partial charge >= 0.3 is 11.9 Å². The standard InChI is InChI=1S/C32H22O4S/c33-31(20-9-3-1-4-10-20)35-24-17-18-25-28(29(24)36-32(34)21-11-5-2-6-12-21)27-22-15-7-13-19-14-8-16-23(26(19)22)30(27)37-25/h1-16,24,29H,17-18H2/t24-,29+/m1/s1. The van der Waals surface area contributed by atoms with Crippen molar-refractivity contribution in [2.24, 2.45) is 0 Å². The molecule has 0 fully saturated rings. The summed E-state index contributed by atoms with van der Waals surface area (Å²) in [5.41, 5.74) is 5.40. The Balaban J connectivity index is 1.34. The third kappa shape index (κ3) is 3.58. The van der Waals surface area contributed by atoms with E-state index in [9.17, 15) is 9.59 Å². The lowest BCUT2D eigenvalue weighted by Crippen LogP contribution is -2.33. The Kier molecular flexibility index (Phi) is 5.18. The monoisotopic (exact) mass is 502 g/mol. The summed E-state index contributed by atoms with van der Waals surface area (Å²) < 4.78 is 12.3. The quantitative estimate of drug-likeness (QED) is 0.233. The van der Waals surface area contributed by atoms with Gasteiger partial charge in [-0.2, -0.15) is 0 Å². The first-order valence-electron chi connectivity index (χ1n) is 12.4. The molecule has 1 heterocycles. The highest BCUT2D eigenvalue weighted by atomic mass is 32.1. The molecule has 5 aromatic rings. The number of esters is 2. The second kappa shape index (κ2) is 8.71. The van der Waals surface area contributed by atoms with Crippen molar-refractivity contribution in [2.45, 2.75) is 25.0 Å². The molecule has 0 saturated carbocycles. The van der Waals surface area contributed by atoms with Gasteiger partial charge in [-0.05, 0) is 53.4 Å². The van der Waals surface area contributed by atoms with Gasteiger partial charge in [-0.25, -0.2) is 9.59 Å². The van der Waals surface area contributed by atoms with E-state index in [4.69, 9.17) is 9.47 Å². The number of rotatable bonds is 4. The number of fused-ring (bicyclic) bond motifs is 5. The third-order valence-corrected chi connectivity index (χ3v) is 8.53. The Bertz CT molecular complexity index is 1660. The van der Waals surface area contributed by atoms with Crippen LogP contribution in [0.4, 0.5) is 0 Å². The van der Waals surface area contributed by atoms with Crippen LogP contribution in [0.5, 0.6) is 0 Å². The van der Waals surface area contributed by atoms with Crippen LogP contribution in [0.1, 0.15) is 43.7 Å². The highest BCUT2D eigenvalue weighted by Crippen LogP contribution is 2.57. The molecule has 5 heteroatoms. The molecule has 0 N–H and O–H groups in total. The van der Waals surface area contributed by atoms with Gasteiger partial charge in [0.1, 0.15) is 6.10 Å². The number of ether oxygens (including phenoxy) is 2. The van der Waals surface area contributed by atoms with Gasteiger partial charge in [0.05, 0.1) is 11.1 Å². The lowest BCUT2D eigenvalue weighted by Gasteiger charge is -2.32. The number of carbonyl (C=O) groups is 2. The average molecular weight is 503 g/mol. The normalized spacial score (nSPS) is 17.2. The number of aryl methyl sites for hydroxylation is 1. The topological polar surface area (TPSA) is 52.6 Å². The van der Waals surface area contributed by atoms with E-state index >= 15 is 0 Å². The minimum Gasteiger partial charge on any atom is -0.454 e. The van der Waals surface area contributed by atoms with Crippen molar-refractivity contribution in [3.05, 3.63) is 119 Å². The number of carbonyl (C=O) groups excluding carboxylic acids is 2. The maximum absolute atomic E-state index is 13.3. The predicted octanol–water partition coefficient (Wildman–Crippen LogP) is 7.62. The Morgan fingerprint density at radius 3 is 2.00 bits per heavy atom. The van der Waals surface area contributed by atoms with E-state index in [2.05, 4.69) is 36.4 Å². The summed E-state index contributed by atoms with van der Waals surface area (Å²) in [6, 6.07) is 30.7. The Hall–Kier alpha value is -4.22. The van der Waals surface area contributed by atoms with Crippen LogP contribution in [0.3, 0.4) is 0 Å². The maximum atomic E-state index is 13.3. The molecule has 4 aromatic carbocycles. The molecular weight excluding hydrogens is 480 g/mol. The number of hydrogen-bond donors (Lipinski definition) is 0. The van der Waals surface area contributed by atoms with Gasteiger partial charge in [-0.1, -0.05) is 72.8 Å². The molecule has 2 atom stereocenters. The molecule has 2 aliphatic rings. The zero-order valence-corrected chi connectivity index (χ0v) is 20.7. The zero-order valence-electron chi connectivity index (χ0n) is 19.8. The Morgan fingerprint density at radius 1 is 0.703 bits per heavy atom. The number of thiophene rings is 1. The molecule has 0 amide bonds. The largest absolute Gasteiger partial charge is 0.454 e. The van der Waals surface area contributed by atoms with Crippen molar-refractivity contribution in [1.82, 2.24) is 0 Å². The van der Waals surface area contributed by atoms with Crippen molar-refractivity contribution in [3.8, 4) is 21.6 Å². The summed E-state index contributed by atoms with van der Waals surface area (Å²) in [5, 5.41) is 2.42. The fraction of sp³-hybridized carbons (Fsp3) is 0.125. The van der Waals surface area contributed by atoms with E-state index < -0.39 is 24.1 Å². The molecule has 1 aromatic heterocycles. The molecule has 0 aliphatic heterocycles. The molecule has 37 heavy (non-hydrogen) atoms. The molecule has 0 radical (unpaired) electrons. The molecular formula is C32H22O4S. The third-order valence-electron chi connectivity index (χ3n) is 7.23. The first kappa shape index (κ1) is 22.0. The summed E-state index contributed by atoms with van der Waals surface area (Å²) in [6.07, 6.45) is 0.0593. The zero-order chi connectivity index (χ0) is 24.9. The first-order valence-corrected chi connectivity index (χ1v) is 13.2. The minimum atomic E-state index is -0.700. The van der Waals surface area contributed by atoms with E-state index in [-0.39, 0.29) is 0 Å². The van der Waals surface area contributed by atoms with Crippen LogP contribution in [0, 0.1) is 0 Å². The predicted molar refractivity (Wildman–Crippen MR) is 145 cm³/mol. The molecule has 180 valence electrons. The van der Waals surface area contributed by atoms with Crippen molar-refractivity contribution >= 4 is 34.0 Å². The SMILES string of the molecule is O=C(O[C@@H]1c2c(sc3c2-c2cccc4cccc-3c24)CC[C@H]1OC(=O)c1ccccc1)c1ccccc1. The summed E-state index contributed by atoms with van der Waals surface area (Å²) in [5.74, 6) is -0.833. The maximum Gasteiger partial charge on any atom is 0.338 e. The van der Waals surface area contributed by atoms with Crippen molar-refractivity contribution in [2.75, 3.05) is 0 Å². The number of hydrogen-bond acceptors (Lipinski definition) is 5. The molecule has 0 saturated heterocycles. The van der Waals surface area contributed by atoms with E-state index in [1.54, 1.807) is 35.6 Å². The lowest BCUT2D eigenvalue weighted by molar-refractivity contribution is -0.0431. The van der Waals surface area contributed by atoms with Crippen LogP contribution in [-0.2, 0) is 15.9 Å². The fourth-order valence-corrected chi connectivity index (χ4v) is 6.97. The van der Waals surface area contributed by atoms with Crippen LogP contribution in [0.25, 0.3) is 32.3 Å². The van der Waals surface area contributed by atoms with Crippen LogP contribution in [-0.4, -0.2) is 18.0 Å². The summed E-state index contributed by atoms with van der Waals surface area (Å²) in [6.45, 7) is 0. The first-order chi connectivity index (χ1) is 18.2. The van der Waals surface area contributed by atoms with Gasteiger partial charge in [0.25, 0.3) is 0 Å². The molecule has 0 spiro atoms. The highest BCUT2D eigenvalue weighted by Gasteiger charge is 2.42. The Morgan fingerprint density at radius 2 is 1.32 bits per heavy atom. The summed E-state index contributed by atoms with van der Waals surface area (Å²) >= 11 is 1.77. The summed E-state index contributed by atoms with van der Waals surface area (Å²) in [4.78, 5) is 28.8. The van der Waals surface area contributed by atoms with Crippen LogP contribution in [0.15, 0.2) is 97.1 Å². The second-order valence-corrected chi connectivity index (χ2v) is 10.5. The van der Waals surface area contributed by atoms with Gasteiger partial charge in [0.2, 0.25) is 0 Å². The van der Waals surface area contributed by atoms with E-state index in [1.165, 1.54) is 26.1 Å². The van der Waals surface area contributed by atoms with Gasteiger partial charge in [0.15, 0.2) is 6.10 Å². The van der Waals surface area contributed by atoms with E-state index in [0.717, 1.165) is 23.1 Å². The van der Waals surface area contributed by atoms with E-state index in [1.807, 2.05) is 36.4 Å². The lowest BCUT2D eigenvalue weighted by atomic mass is 9.88. The highest BCUT2D eigenvalue weighted by molar-refractivity contribution is 7.16. The number of benzene rings is 4. The van der Waals surface area contributed by atoms with Gasteiger partial charge in [0, 0.05) is 26.4 Å². The van der Waals surface area contributed by atoms with Gasteiger partial charge in [-0.3, -0.25) is 0 Å². The average Bonchev–Trinajstić information content (AvgIpc) is 3.48. The van der Waals surface area contributed by atoms with Gasteiger partial charge < -0.3 is 9.47 Å². The second-order valence-electron chi connectivity index (χ2n) is 9.39. The van der Waals surface area contributed by atoms with Crippen LogP contribution < -0.4 is 0 Å². The van der Waals surface area contributed by atoms with Gasteiger partial charge in [-0.15, -0.1) is 11.3 Å². The van der Waals surface area contributed by atoms with Crippen molar-refractivity contribution in [3.63, 3.8) is 0 Å². The van der Waals surface area contributed by atoms with E-state index in [0.29, 0.717) is 17.5 Å². The molecule has 2 aliphatic carbocycles. The smallest absolute Gasteiger partial charge is 0.338 e. The summed E-state index contributed by atoms with van der Waals surface area (Å²) in [7, 11) is 0. The fourth-order valence-electron chi connectivity index (χ4n) is 5.58. The van der Waals surface area contributed by atoms with Crippen molar-refractivity contribution < 1.29 is 19.1 Å². The molecule has 4 nitrogen and oxygen atoms in total. The molecule has 0 unspecified atom stereocenters. The van der Waals surface area contributed by atoms with Crippen LogP contribution in [0.2, 0.25) is 0 Å². The minimum absolute atomic E-state index is 0.410. The Labute approximate surface area is 218 Å². The molecule has 0 bridgehead atoms. The van der Waals surface area contributed by atoms with Crippen molar-refractivity contribution in [1.29, 1.82) is 0 Å². The van der Waals surface area contributed by atoms with Crippen LogP contribution >= 0.6 is 11.3 Å². The molecule has 7 rings (SSSR count).